The largest absolute Gasteiger partial charge is 0.328 e. The van der Waals surface area contributed by atoms with Gasteiger partial charge in [-0.05, 0) is 36.6 Å². The molecule has 1 aliphatic carbocycles. The minimum Gasteiger partial charge on any atom is -0.328 e. The molecule has 2 aliphatic rings. The molecule has 2 N–H and O–H groups in total. The Morgan fingerprint density at radius 2 is 1.83 bits per heavy atom. The van der Waals surface area contributed by atoms with E-state index in [0.29, 0.717) is 23.2 Å². The maximum absolute atomic E-state index is 13.2. The van der Waals surface area contributed by atoms with Crippen LogP contribution in [0.5, 0.6) is 0 Å². The number of hydrogen-bond donors (Lipinski definition) is 2. The van der Waals surface area contributed by atoms with Crippen LogP contribution in [0.1, 0.15) is 45.4 Å². The maximum Gasteiger partial charge on any atom is 0.248 e. The number of carbonyl (C=O) groups is 3. The van der Waals surface area contributed by atoms with Crippen LogP contribution in [0.15, 0.2) is 40.7 Å². The van der Waals surface area contributed by atoms with Crippen molar-refractivity contribution >= 4 is 49.9 Å². The van der Waals surface area contributed by atoms with E-state index in [0.717, 1.165) is 30.0 Å². The number of carbonyl (C=O) groups excluding carboxylic acids is 3. The van der Waals surface area contributed by atoms with Gasteiger partial charge in [0.1, 0.15) is 6.04 Å². The molecule has 3 amide bonds. The van der Waals surface area contributed by atoms with Crippen molar-refractivity contribution in [2.24, 2.45) is 5.92 Å². The lowest BCUT2D eigenvalue weighted by molar-refractivity contribution is -0.142. The van der Waals surface area contributed by atoms with Gasteiger partial charge in [-0.2, -0.15) is 4.31 Å². The van der Waals surface area contributed by atoms with Crippen molar-refractivity contribution < 1.29 is 22.8 Å². The lowest BCUT2D eigenvalue weighted by Crippen LogP contribution is -2.58. The third-order valence-electron chi connectivity index (χ3n) is 6.66. The molecule has 194 valence electrons. The van der Waals surface area contributed by atoms with Crippen molar-refractivity contribution in [1.29, 1.82) is 0 Å². The fraction of sp³-hybridized carbons (Fsp3) is 0.500. The molecule has 0 bridgehead atoms. The SMILES string of the molecule is CC(=O)Nc1ccc(S(=O)(=O)N2CCN([C@@H](CC3CCCCC3)C(=O)Nc3nccs3)C(=O)C2)cc1. The summed E-state index contributed by atoms with van der Waals surface area (Å²) in [4.78, 5) is 43.4. The van der Waals surface area contributed by atoms with Gasteiger partial charge in [0.25, 0.3) is 0 Å². The number of nitrogens with one attached hydrogen (secondary N) is 2. The van der Waals surface area contributed by atoms with Crippen molar-refractivity contribution in [2.45, 2.75) is 56.4 Å². The van der Waals surface area contributed by atoms with Gasteiger partial charge in [0.2, 0.25) is 27.7 Å². The Kier molecular flexibility index (Phi) is 8.37. The molecule has 0 spiro atoms. The second-order valence-corrected chi connectivity index (χ2v) is 12.0. The Morgan fingerprint density at radius 3 is 2.44 bits per heavy atom. The zero-order chi connectivity index (χ0) is 25.7. The number of aromatic nitrogens is 1. The van der Waals surface area contributed by atoms with E-state index in [2.05, 4.69) is 15.6 Å². The molecule has 1 saturated heterocycles. The number of anilines is 2. The van der Waals surface area contributed by atoms with E-state index in [4.69, 9.17) is 0 Å². The van der Waals surface area contributed by atoms with Crippen LogP contribution in [-0.2, 0) is 24.4 Å². The van der Waals surface area contributed by atoms with Crippen LogP contribution in [0.2, 0.25) is 0 Å². The Hall–Kier alpha value is -2.83. The molecule has 1 saturated carbocycles. The number of thiazole rings is 1. The summed E-state index contributed by atoms with van der Waals surface area (Å²) in [5.74, 6) is -0.583. The fourth-order valence-electron chi connectivity index (χ4n) is 4.85. The molecule has 0 unspecified atom stereocenters. The highest BCUT2D eigenvalue weighted by atomic mass is 32.2. The third-order valence-corrected chi connectivity index (χ3v) is 9.21. The predicted octanol–water partition coefficient (Wildman–Crippen LogP) is 2.91. The lowest BCUT2D eigenvalue weighted by Gasteiger charge is -2.39. The van der Waals surface area contributed by atoms with Crippen LogP contribution in [0.3, 0.4) is 0 Å². The van der Waals surface area contributed by atoms with Crippen LogP contribution in [0.25, 0.3) is 0 Å². The second kappa shape index (κ2) is 11.5. The fourth-order valence-corrected chi connectivity index (χ4v) is 6.76. The molecular formula is C24H31N5O5S2. The summed E-state index contributed by atoms with van der Waals surface area (Å²) in [6.07, 6.45) is 7.64. The summed E-state index contributed by atoms with van der Waals surface area (Å²) < 4.78 is 27.5. The third kappa shape index (κ3) is 6.29. The highest BCUT2D eigenvalue weighted by Crippen LogP contribution is 2.30. The molecule has 1 aromatic heterocycles. The van der Waals surface area contributed by atoms with Gasteiger partial charge in [0.15, 0.2) is 5.13 Å². The van der Waals surface area contributed by atoms with E-state index in [1.807, 2.05) is 0 Å². The molecule has 2 aromatic rings. The summed E-state index contributed by atoms with van der Waals surface area (Å²) in [6, 6.07) is 5.16. The van der Waals surface area contributed by atoms with E-state index in [1.54, 1.807) is 11.6 Å². The minimum absolute atomic E-state index is 0.0399. The van der Waals surface area contributed by atoms with Crippen LogP contribution >= 0.6 is 11.3 Å². The average molecular weight is 534 g/mol. The number of hydrogen-bond acceptors (Lipinski definition) is 7. The van der Waals surface area contributed by atoms with Gasteiger partial charge in [-0.15, -0.1) is 11.3 Å². The molecule has 10 nitrogen and oxygen atoms in total. The van der Waals surface area contributed by atoms with E-state index >= 15 is 0 Å². The Bertz CT molecular complexity index is 1180. The van der Waals surface area contributed by atoms with Gasteiger partial charge in [0, 0.05) is 37.3 Å². The molecule has 1 atom stereocenters. The number of benzene rings is 1. The summed E-state index contributed by atoms with van der Waals surface area (Å²) in [5.41, 5.74) is 0.485. The van der Waals surface area contributed by atoms with Crippen molar-refractivity contribution in [3.8, 4) is 0 Å². The highest BCUT2D eigenvalue weighted by Gasteiger charge is 2.39. The zero-order valence-electron chi connectivity index (χ0n) is 20.2. The van der Waals surface area contributed by atoms with Crippen molar-refractivity contribution in [2.75, 3.05) is 30.3 Å². The molecule has 4 rings (SSSR count). The first kappa shape index (κ1) is 26.2. The lowest BCUT2D eigenvalue weighted by atomic mass is 9.84. The van der Waals surface area contributed by atoms with Crippen LogP contribution in [-0.4, -0.2) is 66.0 Å². The molecule has 0 radical (unpaired) electrons. The molecular weight excluding hydrogens is 502 g/mol. The van der Waals surface area contributed by atoms with Gasteiger partial charge in [-0.3, -0.25) is 14.4 Å². The van der Waals surface area contributed by atoms with E-state index in [9.17, 15) is 22.8 Å². The van der Waals surface area contributed by atoms with Gasteiger partial charge < -0.3 is 15.5 Å². The maximum atomic E-state index is 13.2. The molecule has 2 fully saturated rings. The smallest absolute Gasteiger partial charge is 0.248 e. The van der Waals surface area contributed by atoms with Gasteiger partial charge >= 0.3 is 0 Å². The highest BCUT2D eigenvalue weighted by molar-refractivity contribution is 7.89. The van der Waals surface area contributed by atoms with Crippen molar-refractivity contribution in [3.63, 3.8) is 0 Å². The van der Waals surface area contributed by atoms with E-state index < -0.39 is 22.0 Å². The Labute approximate surface area is 215 Å². The van der Waals surface area contributed by atoms with E-state index in [1.165, 1.54) is 53.8 Å². The standard InChI is InChI=1S/C24H31N5O5S2/c1-17(30)26-19-7-9-20(10-8-19)36(33,34)28-12-13-29(22(31)16-28)21(15-18-5-3-2-4-6-18)23(32)27-24-25-11-14-35-24/h7-11,14,18,21H,2-6,12-13,15-16H2,1H3,(H,26,30)(H,25,27,32)/t21-/m0/s1. The number of sulfonamides is 1. The Morgan fingerprint density at radius 1 is 1.11 bits per heavy atom. The quantitative estimate of drug-likeness (QED) is 0.537. The number of nitrogens with zero attached hydrogens (tertiary/aromatic N) is 3. The topological polar surface area (TPSA) is 129 Å². The predicted molar refractivity (Wildman–Crippen MR) is 137 cm³/mol. The van der Waals surface area contributed by atoms with Crippen molar-refractivity contribution in [1.82, 2.24) is 14.2 Å². The second-order valence-electron chi connectivity index (χ2n) is 9.21. The molecule has 12 heteroatoms. The minimum atomic E-state index is -3.91. The summed E-state index contributed by atoms with van der Waals surface area (Å²) in [6.45, 7) is 1.26. The number of amides is 3. The summed E-state index contributed by atoms with van der Waals surface area (Å²) >= 11 is 1.31. The summed E-state index contributed by atoms with van der Waals surface area (Å²) in [7, 11) is -3.91. The van der Waals surface area contributed by atoms with Gasteiger partial charge in [0.05, 0.1) is 11.4 Å². The first-order chi connectivity index (χ1) is 17.2. The first-order valence-electron chi connectivity index (χ1n) is 12.1. The summed E-state index contributed by atoms with van der Waals surface area (Å²) in [5, 5.41) is 7.67. The van der Waals surface area contributed by atoms with Gasteiger partial charge in [-0.1, -0.05) is 32.1 Å². The average Bonchev–Trinajstić information content (AvgIpc) is 3.36. The van der Waals surface area contributed by atoms with Crippen molar-refractivity contribution in [3.05, 3.63) is 35.8 Å². The van der Waals surface area contributed by atoms with Gasteiger partial charge in [-0.25, -0.2) is 13.4 Å². The number of rotatable bonds is 8. The van der Waals surface area contributed by atoms with Crippen LogP contribution in [0.4, 0.5) is 10.8 Å². The molecule has 2 heterocycles. The Balaban J connectivity index is 1.47. The molecule has 1 aliphatic heterocycles. The molecule has 36 heavy (non-hydrogen) atoms. The van der Waals surface area contributed by atoms with E-state index in [-0.39, 0.29) is 36.3 Å². The monoisotopic (exact) mass is 533 g/mol. The van der Waals surface area contributed by atoms with Crippen LogP contribution < -0.4 is 10.6 Å². The first-order valence-corrected chi connectivity index (χ1v) is 14.4. The molecule has 1 aromatic carbocycles. The number of piperazine rings is 1. The normalized spacial score (nSPS) is 18.6. The van der Waals surface area contributed by atoms with Crippen LogP contribution in [0, 0.1) is 5.92 Å². The zero-order valence-corrected chi connectivity index (χ0v) is 21.8.